The SMILES string of the molecule is C=N/C(=C\N=C(C)N1CCC2(CC1)Cc1ncccc1[C@H]2N)Sc1ccc2ncn(Cc3ccncn3)c(=O)c2c1Cl. The fourth-order valence-electron chi connectivity index (χ4n) is 5.82. The number of rotatable bonds is 6. The third kappa shape index (κ3) is 5.35. The number of hydrogen-bond donors (Lipinski definition) is 1. The Morgan fingerprint density at radius 2 is 2.05 bits per heavy atom. The summed E-state index contributed by atoms with van der Waals surface area (Å²) in [4.78, 5) is 42.3. The number of fused-ring (bicyclic) bond motifs is 2. The standard InChI is InChI=1S/C30H30ClN9OS/c1-19(39-12-8-30(9-13-39)14-23-21(28(30)32)4-3-10-35-23)36-15-25(33-2)42-24-6-5-22-26(27(24)31)29(41)40(18-38-22)16-20-7-11-34-17-37-20/h3-7,10-11,15,17-18,28H,2,8-9,12-14,16,32H2,1H3/b25-15+,36-19?/t28-/m1/s1. The molecule has 1 aromatic carbocycles. The van der Waals surface area contributed by atoms with Crippen LogP contribution in [0.1, 0.15) is 42.8 Å². The van der Waals surface area contributed by atoms with E-state index in [2.05, 4.69) is 42.6 Å². The molecule has 2 aliphatic rings. The molecule has 1 atom stereocenters. The monoisotopic (exact) mass is 599 g/mol. The van der Waals surface area contributed by atoms with Crippen molar-refractivity contribution in [2.45, 2.75) is 43.7 Å². The van der Waals surface area contributed by atoms with E-state index in [4.69, 9.17) is 22.3 Å². The summed E-state index contributed by atoms with van der Waals surface area (Å²) in [6.45, 7) is 7.73. The van der Waals surface area contributed by atoms with Crippen molar-refractivity contribution in [3.63, 3.8) is 0 Å². The molecule has 0 bridgehead atoms. The molecular weight excluding hydrogens is 570 g/mol. The van der Waals surface area contributed by atoms with Gasteiger partial charge in [-0.3, -0.25) is 19.3 Å². The van der Waals surface area contributed by atoms with Gasteiger partial charge in [0.05, 0.1) is 40.7 Å². The highest BCUT2D eigenvalue weighted by molar-refractivity contribution is 8.03. The van der Waals surface area contributed by atoms with Crippen LogP contribution in [-0.4, -0.2) is 55.0 Å². The van der Waals surface area contributed by atoms with Crippen LogP contribution in [0.2, 0.25) is 5.02 Å². The van der Waals surface area contributed by atoms with E-state index >= 15 is 0 Å². The number of hydrogen-bond acceptors (Lipinski definition) is 9. The molecule has 4 heterocycles. The lowest BCUT2D eigenvalue weighted by Crippen LogP contribution is -2.45. The first-order valence-corrected chi connectivity index (χ1v) is 14.8. The van der Waals surface area contributed by atoms with Crippen molar-refractivity contribution in [1.82, 2.24) is 29.4 Å². The fraction of sp³-hybridized carbons (Fsp3) is 0.300. The second-order valence-electron chi connectivity index (χ2n) is 10.6. The Morgan fingerprint density at radius 1 is 1.21 bits per heavy atom. The molecule has 3 aromatic heterocycles. The molecule has 2 N–H and O–H groups in total. The number of aliphatic imine (C=N–C) groups is 2. The van der Waals surface area contributed by atoms with Gasteiger partial charge >= 0.3 is 0 Å². The Morgan fingerprint density at radius 3 is 2.79 bits per heavy atom. The minimum absolute atomic E-state index is 0.0202. The van der Waals surface area contributed by atoms with Gasteiger partial charge in [0.2, 0.25) is 0 Å². The lowest BCUT2D eigenvalue weighted by molar-refractivity contribution is 0.127. The highest BCUT2D eigenvalue weighted by atomic mass is 35.5. The van der Waals surface area contributed by atoms with E-state index < -0.39 is 0 Å². The molecule has 12 heteroatoms. The smallest absolute Gasteiger partial charge is 0.263 e. The van der Waals surface area contributed by atoms with Crippen molar-refractivity contribution >= 4 is 46.8 Å². The van der Waals surface area contributed by atoms with Crippen LogP contribution in [0.15, 0.2) is 86.3 Å². The number of amidine groups is 1. The number of likely N-dealkylation sites (tertiary alicyclic amines) is 1. The number of pyridine rings is 1. The molecule has 4 aromatic rings. The van der Waals surface area contributed by atoms with Crippen molar-refractivity contribution in [3.8, 4) is 0 Å². The zero-order chi connectivity index (χ0) is 29.3. The number of halogens is 1. The lowest BCUT2D eigenvalue weighted by atomic mass is 9.73. The van der Waals surface area contributed by atoms with Crippen LogP contribution in [0.4, 0.5) is 0 Å². The number of aromatic nitrogens is 5. The van der Waals surface area contributed by atoms with E-state index in [-0.39, 0.29) is 23.6 Å². The maximum Gasteiger partial charge on any atom is 0.263 e. The van der Waals surface area contributed by atoms with E-state index in [9.17, 15) is 4.79 Å². The Hall–Kier alpha value is -3.93. The van der Waals surface area contributed by atoms with Gasteiger partial charge in [-0.1, -0.05) is 29.4 Å². The van der Waals surface area contributed by atoms with Gasteiger partial charge in [-0.05, 0) is 68.1 Å². The van der Waals surface area contributed by atoms with Crippen LogP contribution in [0.3, 0.4) is 0 Å². The van der Waals surface area contributed by atoms with Gasteiger partial charge in [0.15, 0.2) is 0 Å². The third-order valence-corrected chi connectivity index (χ3v) is 9.77. The first-order chi connectivity index (χ1) is 20.4. The highest BCUT2D eigenvalue weighted by Crippen LogP contribution is 2.50. The van der Waals surface area contributed by atoms with Crippen LogP contribution < -0.4 is 11.3 Å². The summed E-state index contributed by atoms with van der Waals surface area (Å²) in [6, 6.07) is 9.46. The van der Waals surface area contributed by atoms with E-state index in [1.807, 2.05) is 25.3 Å². The molecule has 1 fully saturated rings. The van der Waals surface area contributed by atoms with E-state index in [1.165, 1.54) is 34.5 Å². The second kappa shape index (κ2) is 11.7. The molecule has 0 amide bonds. The van der Waals surface area contributed by atoms with Gasteiger partial charge in [0.1, 0.15) is 17.2 Å². The lowest BCUT2D eigenvalue weighted by Gasteiger charge is -2.42. The molecule has 1 spiro atoms. The quantitative estimate of drug-likeness (QED) is 0.193. The van der Waals surface area contributed by atoms with Crippen molar-refractivity contribution in [3.05, 3.63) is 98.9 Å². The van der Waals surface area contributed by atoms with Crippen molar-refractivity contribution < 1.29 is 0 Å². The summed E-state index contributed by atoms with van der Waals surface area (Å²) in [5.41, 5.74) is 10.0. The first kappa shape index (κ1) is 28.2. The summed E-state index contributed by atoms with van der Waals surface area (Å²) in [5.74, 6) is 0.898. The number of nitrogens with two attached hydrogens (primary N) is 1. The number of nitrogens with zero attached hydrogens (tertiary/aromatic N) is 8. The second-order valence-corrected chi connectivity index (χ2v) is 12.0. The Labute approximate surface area is 252 Å². The summed E-state index contributed by atoms with van der Waals surface area (Å²) in [6.07, 6.45) is 11.0. The Kier molecular flexibility index (Phi) is 7.89. The van der Waals surface area contributed by atoms with Crippen LogP contribution in [0, 0.1) is 5.41 Å². The van der Waals surface area contributed by atoms with Crippen LogP contribution in [0.5, 0.6) is 0 Å². The molecule has 0 saturated carbocycles. The van der Waals surface area contributed by atoms with Crippen LogP contribution >= 0.6 is 23.4 Å². The van der Waals surface area contributed by atoms with Gasteiger partial charge in [0, 0.05) is 42.1 Å². The maximum absolute atomic E-state index is 13.3. The third-order valence-electron chi connectivity index (χ3n) is 8.26. The minimum atomic E-state index is -0.249. The summed E-state index contributed by atoms with van der Waals surface area (Å²) in [7, 11) is 0. The maximum atomic E-state index is 13.3. The molecule has 1 aliphatic heterocycles. The summed E-state index contributed by atoms with van der Waals surface area (Å²) < 4.78 is 1.48. The van der Waals surface area contributed by atoms with Gasteiger partial charge < -0.3 is 10.6 Å². The molecule has 10 nitrogen and oxygen atoms in total. The predicted octanol–water partition coefficient (Wildman–Crippen LogP) is 4.63. The molecule has 0 radical (unpaired) electrons. The molecule has 6 rings (SSSR count). The molecule has 42 heavy (non-hydrogen) atoms. The van der Waals surface area contributed by atoms with E-state index in [0.717, 1.165) is 43.9 Å². The first-order valence-electron chi connectivity index (χ1n) is 13.6. The zero-order valence-corrected chi connectivity index (χ0v) is 24.7. The van der Waals surface area contributed by atoms with E-state index in [0.29, 0.717) is 31.5 Å². The van der Waals surface area contributed by atoms with Crippen molar-refractivity contribution in [2.75, 3.05) is 13.1 Å². The van der Waals surface area contributed by atoms with Gasteiger partial charge in [-0.2, -0.15) is 0 Å². The van der Waals surface area contributed by atoms with Gasteiger partial charge in [-0.15, -0.1) is 0 Å². The summed E-state index contributed by atoms with van der Waals surface area (Å²) >= 11 is 8.06. The number of thioether (sulfide) groups is 1. The number of benzene rings is 1. The molecular formula is C30H30ClN9OS. The van der Waals surface area contributed by atoms with Crippen molar-refractivity contribution in [2.24, 2.45) is 21.1 Å². The van der Waals surface area contributed by atoms with Crippen molar-refractivity contribution in [1.29, 1.82) is 0 Å². The largest absolute Gasteiger partial charge is 0.360 e. The van der Waals surface area contributed by atoms with Gasteiger partial charge in [0.25, 0.3) is 5.56 Å². The average Bonchev–Trinajstić information content (AvgIpc) is 3.28. The van der Waals surface area contributed by atoms with Crippen LogP contribution in [-0.2, 0) is 13.0 Å². The van der Waals surface area contributed by atoms with Gasteiger partial charge in [-0.25, -0.2) is 19.9 Å². The topological polar surface area (TPSA) is 128 Å². The minimum Gasteiger partial charge on any atom is -0.360 e. The number of piperidine rings is 1. The normalized spacial score (nSPS) is 18.5. The molecule has 0 unspecified atom stereocenters. The molecule has 1 saturated heterocycles. The highest BCUT2D eigenvalue weighted by Gasteiger charge is 2.46. The molecule has 214 valence electrons. The molecule has 1 aliphatic carbocycles. The summed E-state index contributed by atoms with van der Waals surface area (Å²) in [5, 5.41) is 1.21. The fourth-order valence-corrected chi connectivity index (χ4v) is 6.90. The predicted molar refractivity (Wildman–Crippen MR) is 167 cm³/mol. The average molecular weight is 600 g/mol. The van der Waals surface area contributed by atoms with Crippen LogP contribution in [0.25, 0.3) is 10.9 Å². The Balaban J connectivity index is 1.17. The zero-order valence-electron chi connectivity index (χ0n) is 23.2. The van der Waals surface area contributed by atoms with E-state index in [1.54, 1.807) is 24.5 Å². The Bertz CT molecular complexity index is 1760.